The standard InChI is InChI=1S/C26H22N2O3/c1-18(31-23-15-13-19-7-2-3-9-22(19)17-23)26(30)28-27-25(29)16-14-21-11-6-10-20-8-4-5-12-24(20)21/h2-18H,1H3,(H,27,29)(H,28,30)/b16-14+. The molecule has 0 aliphatic rings. The Bertz CT molecular complexity index is 1270. The van der Waals surface area contributed by atoms with Crippen LogP contribution in [0, 0.1) is 0 Å². The molecule has 4 aromatic carbocycles. The fourth-order valence-electron chi connectivity index (χ4n) is 3.33. The normalized spacial score (nSPS) is 12.0. The molecule has 2 amide bonds. The van der Waals surface area contributed by atoms with Gasteiger partial charge >= 0.3 is 0 Å². The first-order chi connectivity index (χ1) is 15.1. The fraction of sp³-hybridized carbons (Fsp3) is 0.0769. The molecular formula is C26H22N2O3. The first kappa shape index (κ1) is 20.2. The predicted molar refractivity (Wildman–Crippen MR) is 123 cm³/mol. The minimum Gasteiger partial charge on any atom is -0.481 e. The Morgan fingerprint density at radius 2 is 1.52 bits per heavy atom. The fourth-order valence-corrected chi connectivity index (χ4v) is 3.33. The molecule has 5 heteroatoms. The summed E-state index contributed by atoms with van der Waals surface area (Å²) in [6, 6.07) is 27.4. The molecule has 0 spiro atoms. The Hall–Kier alpha value is -4.12. The van der Waals surface area contributed by atoms with E-state index in [-0.39, 0.29) is 0 Å². The average molecular weight is 410 g/mol. The summed E-state index contributed by atoms with van der Waals surface area (Å²) in [7, 11) is 0. The number of fused-ring (bicyclic) bond motifs is 2. The van der Waals surface area contributed by atoms with Crippen LogP contribution in [0.15, 0.2) is 91.0 Å². The molecule has 5 nitrogen and oxygen atoms in total. The van der Waals surface area contributed by atoms with Gasteiger partial charge in [-0.1, -0.05) is 72.8 Å². The molecule has 0 saturated heterocycles. The highest BCUT2D eigenvalue weighted by Gasteiger charge is 2.15. The van der Waals surface area contributed by atoms with Gasteiger partial charge in [0.05, 0.1) is 0 Å². The molecule has 0 aromatic heterocycles. The van der Waals surface area contributed by atoms with Gasteiger partial charge in [0.2, 0.25) is 0 Å². The van der Waals surface area contributed by atoms with Crippen LogP contribution in [0.3, 0.4) is 0 Å². The molecule has 154 valence electrons. The van der Waals surface area contributed by atoms with E-state index in [2.05, 4.69) is 10.9 Å². The molecule has 2 N–H and O–H groups in total. The van der Waals surface area contributed by atoms with Crippen LogP contribution < -0.4 is 15.6 Å². The van der Waals surface area contributed by atoms with Crippen molar-refractivity contribution in [2.45, 2.75) is 13.0 Å². The van der Waals surface area contributed by atoms with Crippen molar-refractivity contribution in [2.24, 2.45) is 0 Å². The Morgan fingerprint density at radius 1 is 0.806 bits per heavy atom. The number of ether oxygens (including phenoxy) is 1. The molecule has 0 fully saturated rings. The highest BCUT2D eigenvalue weighted by atomic mass is 16.5. The number of amides is 2. The third kappa shape index (κ3) is 4.90. The maximum Gasteiger partial charge on any atom is 0.279 e. The lowest BCUT2D eigenvalue weighted by atomic mass is 10.0. The lowest BCUT2D eigenvalue weighted by Crippen LogP contribution is -2.46. The molecule has 0 aliphatic heterocycles. The minimum absolute atomic E-state index is 0.431. The van der Waals surface area contributed by atoms with Crippen LogP contribution in [0.1, 0.15) is 12.5 Å². The van der Waals surface area contributed by atoms with Crippen molar-refractivity contribution in [1.82, 2.24) is 10.9 Å². The minimum atomic E-state index is -0.775. The second kappa shape index (κ2) is 9.13. The van der Waals surface area contributed by atoms with Gasteiger partial charge in [0, 0.05) is 6.08 Å². The molecule has 1 atom stereocenters. The van der Waals surface area contributed by atoms with E-state index in [0.29, 0.717) is 5.75 Å². The van der Waals surface area contributed by atoms with Gasteiger partial charge < -0.3 is 4.74 Å². The largest absolute Gasteiger partial charge is 0.481 e. The second-order valence-electron chi connectivity index (χ2n) is 7.15. The first-order valence-electron chi connectivity index (χ1n) is 10.0. The molecule has 0 saturated carbocycles. The average Bonchev–Trinajstić information content (AvgIpc) is 2.81. The quantitative estimate of drug-likeness (QED) is 0.373. The van der Waals surface area contributed by atoms with Crippen LogP contribution in [0.25, 0.3) is 27.6 Å². The van der Waals surface area contributed by atoms with Crippen molar-refractivity contribution < 1.29 is 14.3 Å². The van der Waals surface area contributed by atoms with Crippen LogP contribution in [-0.4, -0.2) is 17.9 Å². The molecule has 1 unspecified atom stereocenters. The van der Waals surface area contributed by atoms with E-state index in [4.69, 9.17) is 4.74 Å². The van der Waals surface area contributed by atoms with Crippen molar-refractivity contribution >= 4 is 39.4 Å². The molecule has 0 bridgehead atoms. The van der Waals surface area contributed by atoms with E-state index in [9.17, 15) is 9.59 Å². The van der Waals surface area contributed by atoms with Gasteiger partial charge in [-0.05, 0) is 52.2 Å². The summed E-state index contributed by atoms with van der Waals surface area (Å²) in [4.78, 5) is 24.4. The van der Waals surface area contributed by atoms with Crippen molar-refractivity contribution in [2.75, 3.05) is 0 Å². The number of hydrogen-bond donors (Lipinski definition) is 2. The van der Waals surface area contributed by atoms with Gasteiger partial charge in [-0.2, -0.15) is 0 Å². The Labute approximate surface area is 180 Å². The van der Waals surface area contributed by atoms with Gasteiger partial charge in [0.25, 0.3) is 11.8 Å². The zero-order valence-electron chi connectivity index (χ0n) is 17.0. The van der Waals surface area contributed by atoms with E-state index in [1.165, 1.54) is 6.08 Å². The third-order valence-electron chi connectivity index (χ3n) is 4.95. The number of carbonyl (C=O) groups excluding carboxylic acids is 2. The molecular weight excluding hydrogens is 388 g/mol. The molecule has 0 radical (unpaired) electrons. The van der Waals surface area contributed by atoms with E-state index in [1.54, 1.807) is 13.0 Å². The number of nitrogens with one attached hydrogen (secondary N) is 2. The lowest BCUT2D eigenvalue weighted by Gasteiger charge is -2.15. The van der Waals surface area contributed by atoms with E-state index >= 15 is 0 Å². The van der Waals surface area contributed by atoms with Crippen LogP contribution in [-0.2, 0) is 9.59 Å². The first-order valence-corrected chi connectivity index (χ1v) is 10.0. The maximum atomic E-state index is 12.3. The Kier molecular flexibility index (Phi) is 5.94. The number of carbonyl (C=O) groups is 2. The van der Waals surface area contributed by atoms with Crippen molar-refractivity contribution in [3.63, 3.8) is 0 Å². The lowest BCUT2D eigenvalue weighted by molar-refractivity contribution is -0.131. The summed E-state index contributed by atoms with van der Waals surface area (Å²) in [6.45, 7) is 1.63. The van der Waals surface area contributed by atoms with Gasteiger partial charge in [-0.25, -0.2) is 0 Å². The summed E-state index contributed by atoms with van der Waals surface area (Å²) in [5, 5.41) is 4.27. The smallest absolute Gasteiger partial charge is 0.279 e. The number of hydrogen-bond acceptors (Lipinski definition) is 3. The van der Waals surface area contributed by atoms with Gasteiger partial charge in [0.1, 0.15) is 5.75 Å². The number of benzene rings is 4. The SMILES string of the molecule is CC(Oc1ccc2ccccc2c1)C(=O)NNC(=O)/C=C/c1cccc2ccccc12. The van der Waals surface area contributed by atoms with Crippen LogP contribution >= 0.6 is 0 Å². The highest BCUT2D eigenvalue weighted by Crippen LogP contribution is 2.21. The zero-order valence-corrected chi connectivity index (χ0v) is 17.0. The molecule has 4 rings (SSSR count). The maximum absolute atomic E-state index is 12.3. The van der Waals surface area contributed by atoms with Crippen LogP contribution in [0.5, 0.6) is 5.75 Å². The number of hydrazine groups is 1. The summed E-state index contributed by atoms with van der Waals surface area (Å²) in [5.74, 6) is -0.289. The van der Waals surface area contributed by atoms with Gasteiger partial charge in [-0.15, -0.1) is 0 Å². The van der Waals surface area contributed by atoms with Crippen LogP contribution in [0.4, 0.5) is 0 Å². The monoisotopic (exact) mass is 410 g/mol. The van der Waals surface area contributed by atoms with Gasteiger partial charge in [0.15, 0.2) is 6.10 Å². The summed E-state index contributed by atoms with van der Waals surface area (Å²) < 4.78 is 5.71. The summed E-state index contributed by atoms with van der Waals surface area (Å²) in [5.41, 5.74) is 5.71. The van der Waals surface area contributed by atoms with Crippen molar-refractivity contribution in [3.05, 3.63) is 96.6 Å². The van der Waals surface area contributed by atoms with Gasteiger partial charge in [-0.3, -0.25) is 20.4 Å². The summed E-state index contributed by atoms with van der Waals surface area (Å²) >= 11 is 0. The van der Waals surface area contributed by atoms with Crippen molar-refractivity contribution in [1.29, 1.82) is 0 Å². The molecule has 0 heterocycles. The van der Waals surface area contributed by atoms with E-state index in [0.717, 1.165) is 27.1 Å². The molecule has 4 aromatic rings. The predicted octanol–water partition coefficient (Wildman–Crippen LogP) is 4.62. The summed E-state index contributed by atoms with van der Waals surface area (Å²) in [6.07, 6.45) is 2.33. The van der Waals surface area contributed by atoms with Crippen molar-refractivity contribution in [3.8, 4) is 5.75 Å². The zero-order chi connectivity index (χ0) is 21.6. The molecule has 0 aliphatic carbocycles. The third-order valence-corrected chi connectivity index (χ3v) is 4.95. The Morgan fingerprint density at radius 3 is 2.35 bits per heavy atom. The van der Waals surface area contributed by atoms with E-state index < -0.39 is 17.9 Å². The number of rotatable bonds is 5. The second-order valence-corrected chi connectivity index (χ2v) is 7.15. The molecule has 31 heavy (non-hydrogen) atoms. The highest BCUT2D eigenvalue weighted by molar-refractivity contribution is 5.97. The Balaban J connectivity index is 1.33. The topological polar surface area (TPSA) is 67.4 Å². The van der Waals surface area contributed by atoms with E-state index in [1.807, 2.05) is 84.9 Å². The van der Waals surface area contributed by atoms with Crippen LogP contribution in [0.2, 0.25) is 0 Å².